The lowest BCUT2D eigenvalue weighted by molar-refractivity contribution is 0.843. The summed E-state index contributed by atoms with van der Waals surface area (Å²) in [5, 5.41) is 1.63. The van der Waals surface area contributed by atoms with Gasteiger partial charge in [-0.3, -0.25) is 4.99 Å². The summed E-state index contributed by atoms with van der Waals surface area (Å²) in [5.74, 6) is 0. The fraction of sp³-hybridized carbons (Fsp3) is 0.455. The highest BCUT2D eigenvalue weighted by Crippen LogP contribution is 2.23. The molecule has 0 saturated heterocycles. The Balaban J connectivity index is 2.47. The van der Waals surface area contributed by atoms with Gasteiger partial charge in [-0.15, -0.1) is 0 Å². The molecular weight excluding hydrogens is 174 g/mol. The van der Waals surface area contributed by atoms with Gasteiger partial charge < -0.3 is 0 Å². The fourth-order valence-electron chi connectivity index (χ4n) is 2.06. The number of aliphatic imine (C=N–C) groups is 1. The number of hydrogen-bond donors (Lipinski definition) is 0. The zero-order valence-corrected chi connectivity index (χ0v) is 9.46. The monoisotopic (exact) mass is 189 g/mol. The molecule has 0 saturated carbocycles. The number of fused-ring (bicyclic) bond motifs is 1. The van der Waals surface area contributed by atoms with Crippen molar-refractivity contribution in [3.8, 4) is 0 Å². The molecule has 0 amide bonds. The summed E-state index contributed by atoms with van der Waals surface area (Å²) in [6.45, 7) is 6.95. The summed E-state index contributed by atoms with van der Waals surface area (Å²) >= 11 is 0. The van der Waals surface area contributed by atoms with Crippen molar-refractivity contribution < 1.29 is 0 Å². The Morgan fingerprint density at radius 2 is 2.23 bits per heavy atom. The third-order valence-corrected chi connectivity index (χ3v) is 4.32. The summed E-state index contributed by atoms with van der Waals surface area (Å²) in [7, 11) is -0.332. The van der Waals surface area contributed by atoms with Crippen LogP contribution < -0.4 is 0 Å². The lowest BCUT2D eigenvalue weighted by atomic mass is 10.1. The second kappa shape index (κ2) is 3.18. The first-order valence-corrected chi connectivity index (χ1v) is 7.38. The first-order chi connectivity index (χ1) is 6.24. The predicted molar refractivity (Wildman–Crippen MR) is 61.2 cm³/mol. The van der Waals surface area contributed by atoms with Crippen LogP contribution >= 0.6 is 0 Å². The molecule has 13 heavy (non-hydrogen) atoms. The summed E-state index contributed by atoms with van der Waals surface area (Å²) in [6.07, 6.45) is 7.63. The quantitative estimate of drug-likeness (QED) is 0.561. The zero-order chi connectivity index (χ0) is 9.42. The van der Waals surface area contributed by atoms with Crippen molar-refractivity contribution in [1.29, 1.82) is 0 Å². The van der Waals surface area contributed by atoms with Crippen LogP contribution in [0.25, 0.3) is 0 Å². The van der Waals surface area contributed by atoms with E-state index in [1.807, 2.05) is 0 Å². The molecule has 68 valence electrons. The average Bonchev–Trinajstić information content (AvgIpc) is 2.59. The van der Waals surface area contributed by atoms with Crippen LogP contribution in [0.1, 0.15) is 13.3 Å². The Labute approximate surface area is 81.1 Å². The normalized spacial score (nSPS) is 24.5. The molecule has 0 bridgehead atoms. The van der Waals surface area contributed by atoms with E-state index in [9.17, 15) is 0 Å². The van der Waals surface area contributed by atoms with Gasteiger partial charge in [0.15, 0.2) is 0 Å². The SMILES string of the molecule is CCC1N=C2C=CC=C2C1=[Si](C)C. The third-order valence-electron chi connectivity index (χ3n) is 2.64. The second-order valence-corrected chi connectivity index (χ2v) is 6.33. The molecule has 0 spiro atoms. The maximum atomic E-state index is 4.72. The van der Waals surface area contributed by atoms with Crippen LogP contribution in [0.15, 0.2) is 28.8 Å². The van der Waals surface area contributed by atoms with Crippen LogP contribution in [0, 0.1) is 0 Å². The van der Waals surface area contributed by atoms with E-state index in [2.05, 4.69) is 38.2 Å². The minimum absolute atomic E-state index is 0.332. The highest BCUT2D eigenvalue weighted by atomic mass is 28.2. The summed E-state index contributed by atoms with van der Waals surface area (Å²) in [4.78, 5) is 4.72. The third kappa shape index (κ3) is 1.29. The number of hydrogen-bond acceptors (Lipinski definition) is 1. The van der Waals surface area contributed by atoms with Crippen molar-refractivity contribution in [3.63, 3.8) is 0 Å². The van der Waals surface area contributed by atoms with E-state index < -0.39 is 0 Å². The minimum atomic E-state index is -0.332. The Morgan fingerprint density at radius 3 is 2.85 bits per heavy atom. The van der Waals surface area contributed by atoms with Crippen molar-refractivity contribution in [2.24, 2.45) is 4.99 Å². The molecule has 0 aromatic heterocycles. The van der Waals surface area contributed by atoms with Crippen molar-refractivity contribution in [2.75, 3.05) is 0 Å². The minimum Gasteiger partial charge on any atom is -0.277 e. The fourth-order valence-corrected chi connectivity index (χ4v) is 3.75. The summed E-state index contributed by atoms with van der Waals surface area (Å²) in [5.41, 5.74) is 2.67. The van der Waals surface area contributed by atoms with Crippen LogP contribution in [-0.2, 0) is 0 Å². The van der Waals surface area contributed by atoms with E-state index in [0.29, 0.717) is 6.04 Å². The van der Waals surface area contributed by atoms with E-state index in [0.717, 1.165) is 6.42 Å². The molecular formula is C11H15NSi. The molecule has 0 fully saturated rings. The van der Waals surface area contributed by atoms with E-state index in [1.54, 1.807) is 5.17 Å². The van der Waals surface area contributed by atoms with E-state index >= 15 is 0 Å². The summed E-state index contributed by atoms with van der Waals surface area (Å²) in [6, 6.07) is 0.495. The van der Waals surface area contributed by atoms with Gasteiger partial charge in [0.2, 0.25) is 0 Å². The van der Waals surface area contributed by atoms with Gasteiger partial charge in [0, 0.05) is 14.0 Å². The first-order valence-electron chi connectivity index (χ1n) is 4.88. The van der Waals surface area contributed by atoms with E-state index in [4.69, 9.17) is 4.99 Å². The zero-order valence-electron chi connectivity index (χ0n) is 8.46. The van der Waals surface area contributed by atoms with Gasteiger partial charge in [-0.2, -0.15) is 0 Å². The average molecular weight is 189 g/mol. The lowest BCUT2D eigenvalue weighted by Gasteiger charge is -2.09. The lowest BCUT2D eigenvalue weighted by Crippen LogP contribution is -2.21. The van der Waals surface area contributed by atoms with Gasteiger partial charge in [-0.25, -0.2) is 0 Å². The molecule has 2 aliphatic rings. The van der Waals surface area contributed by atoms with Gasteiger partial charge in [-0.05, 0) is 17.7 Å². The van der Waals surface area contributed by atoms with Crippen molar-refractivity contribution in [2.45, 2.75) is 32.5 Å². The predicted octanol–water partition coefficient (Wildman–Crippen LogP) is 2.22. The highest BCUT2D eigenvalue weighted by Gasteiger charge is 2.27. The molecule has 1 unspecified atom stereocenters. The van der Waals surface area contributed by atoms with Crippen LogP contribution in [0.2, 0.25) is 13.1 Å². The number of allylic oxidation sites excluding steroid dienone is 3. The van der Waals surface area contributed by atoms with Crippen molar-refractivity contribution in [1.82, 2.24) is 0 Å². The molecule has 2 heteroatoms. The van der Waals surface area contributed by atoms with E-state index in [-0.39, 0.29) is 8.41 Å². The molecule has 1 aliphatic heterocycles. The van der Waals surface area contributed by atoms with Crippen LogP contribution in [-0.4, -0.2) is 25.3 Å². The standard InChI is InChI=1S/C11H15NSi/c1-4-9-11(13(2)3)8-6-5-7-10(8)12-9/h5-7,9H,4H2,1-3H3. The molecule has 0 radical (unpaired) electrons. The van der Waals surface area contributed by atoms with Crippen LogP contribution in [0.5, 0.6) is 0 Å². The Kier molecular flexibility index (Phi) is 2.16. The molecule has 1 atom stereocenters. The highest BCUT2D eigenvalue weighted by molar-refractivity contribution is 6.76. The molecule has 1 heterocycles. The maximum Gasteiger partial charge on any atom is 0.0717 e. The molecule has 1 nitrogen and oxygen atoms in total. The molecule has 1 aliphatic carbocycles. The number of rotatable bonds is 1. The second-order valence-electron chi connectivity index (χ2n) is 3.79. The molecule has 0 aromatic rings. The maximum absolute atomic E-state index is 4.72. The van der Waals surface area contributed by atoms with Gasteiger partial charge in [0.1, 0.15) is 0 Å². The largest absolute Gasteiger partial charge is 0.277 e. The van der Waals surface area contributed by atoms with Crippen LogP contribution in [0.3, 0.4) is 0 Å². The summed E-state index contributed by atoms with van der Waals surface area (Å²) < 4.78 is 0. The van der Waals surface area contributed by atoms with Gasteiger partial charge >= 0.3 is 0 Å². The Hall–Kier alpha value is -0.763. The van der Waals surface area contributed by atoms with Gasteiger partial charge in [-0.1, -0.05) is 32.2 Å². The van der Waals surface area contributed by atoms with Gasteiger partial charge in [0.05, 0.1) is 11.8 Å². The van der Waals surface area contributed by atoms with Crippen molar-refractivity contribution in [3.05, 3.63) is 23.8 Å². The van der Waals surface area contributed by atoms with E-state index in [1.165, 1.54) is 11.3 Å². The molecule has 0 N–H and O–H groups in total. The topological polar surface area (TPSA) is 12.4 Å². The molecule has 0 aromatic carbocycles. The Morgan fingerprint density at radius 1 is 1.46 bits per heavy atom. The van der Waals surface area contributed by atoms with Crippen molar-refractivity contribution >= 4 is 19.3 Å². The first kappa shape index (κ1) is 8.82. The van der Waals surface area contributed by atoms with Crippen LogP contribution in [0.4, 0.5) is 0 Å². The number of nitrogens with zero attached hydrogens (tertiary/aromatic N) is 1. The Bertz CT molecular complexity index is 354. The molecule has 2 rings (SSSR count). The smallest absolute Gasteiger partial charge is 0.0717 e. The van der Waals surface area contributed by atoms with Gasteiger partial charge in [0.25, 0.3) is 0 Å².